The normalized spacial score (nSPS) is 11.8. The minimum Gasteiger partial charge on any atom is -0.497 e. The van der Waals surface area contributed by atoms with E-state index in [1.165, 1.54) is 11.9 Å². The summed E-state index contributed by atoms with van der Waals surface area (Å²) >= 11 is 0. The summed E-state index contributed by atoms with van der Waals surface area (Å²) in [4.78, 5) is 29.4. The number of hydrogen-bond acceptors (Lipinski definition) is 5. The summed E-state index contributed by atoms with van der Waals surface area (Å²) in [5.74, 6) is -0.271. The molecule has 0 fully saturated rings. The van der Waals surface area contributed by atoms with Crippen molar-refractivity contribution in [3.63, 3.8) is 0 Å². The Hall–Kier alpha value is -4.63. The van der Waals surface area contributed by atoms with E-state index in [0.717, 1.165) is 26.6 Å². The van der Waals surface area contributed by atoms with Gasteiger partial charge in [0, 0.05) is 20.0 Å². The fourth-order valence-corrected chi connectivity index (χ4v) is 6.50. The van der Waals surface area contributed by atoms with Crippen LogP contribution in [0.2, 0.25) is 0 Å². The van der Waals surface area contributed by atoms with Gasteiger partial charge in [0.1, 0.15) is 18.3 Å². The van der Waals surface area contributed by atoms with Crippen LogP contribution >= 0.6 is 0 Å². The fourth-order valence-electron chi connectivity index (χ4n) is 5.03. The summed E-state index contributed by atoms with van der Waals surface area (Å²) in [7, 11) is -1.08. The van der Waals surface area contributed by atoms with Gasteiger partial charge >= 0.3 is 0 Å². The second-order valence-corrected chi connectivity index (χ2v) is 12.7. The standard InChI is InChI=1S/C35H39N3O5S/c1-25-15-18-31(19-16-25)44(41,42)38(32-20-26(2)14-17-27(32)3)24-34(39)37(23-29-12-9-13-30(21-29)43-5)33(35(40)36-4)22-28-10-7-6-8-11-28/h6-21,33H,22-24H2,1-5H3,(H,36,40). The van der Waals surface area contributed by atoms with E-state index in [1.807, 2.05) is 75.4 Å². The van der Waals surface area contributed by atoms with Gasteiger partial charge in [0.2, 0.25) is 11.8 Å². The molecule has 0 aromatic heterocycles. The second-order valence-electron chi connectivity index (χ2n) is 10.8. The number of aryl methyl sites for hydroxylation is 3. The molecule has 4 rings (SSSR count). The maximum absolute atomic E-state index is 14.5. The molecule has 8 nitrogen and oxygen atoms in total. The molecule has 0 aliphatic rings. The Labute approximate surface area is 260 Å². The number of benzene rings is 4. The third kappa shape index (κ3) is 7.65. The van der Waals surface area contributed by atoms with E-state index >= 15 is 0 Å². The zero-order chi connectivity index (χ0) is 31.9. The van der Waals surface area contributed by atoms with Crippen LogP contribution < -0.4 is 14.4 Å². The van der Waals surface area contributed by atoms with Gasteiger partial charge in [-0.2, -0.15) is 0 Å². The molecule has 0 saturated heterocycles. The lowest BCUT2D eigenvalue weighted by molar-refractivity contribution is -0.139. The van der Waals surface area contributed by atoms with E-state index in [2.05, 4.69) is 5.32 Å². The molecule has 0 saturated carbocycles. The number of rotatable bonds is 12. The van der Waals surface area contributed by atoms with Crippen molar-refractivity contribution >= 4 is 27.5 Å². The highest BCUT2D eigenvalue weighted by Crippen LogP contribution is 2.29. The molecule has 0 spiro atoms. The number of sulfonamides is 1. The number of nitrogens with zero attached hydrogens (tertiary/aromatic N) is 2. The van der Waals surface area contributed by atoms with Crippen LogP contribution in [0.5, 0.6) is 5.75 Å². The molecule has 4 aromatic carbocycles. The third-order valence-corrected chi connectivity index (χ3v) is 9.30. The number of carbonyl (C=O) groups excluding carboxylic acids is 2. The molecule has 44 heavy (non-hydrogen) atoms. The average molecular weight is 614 g/mol. The molecule has 0 aliphatic heterocycles. The molecule has 230 valence electrons. The summed E-state index contributed by atoms with van der Waals surface area (Å²) in [6, 6.07) is 27.8. The number of likely N-dealkylation sites (N-methyl/N-ethyl adjacent to an activating group) is 1. The van der Waals surface area contributed by atoms with Crippen LogP contribution in [0.4, 0.5) is 5.69 Å². The smallest absolute Gasteiger partial charge is 0.264 e. The Morgan fingerprint density at radius 3 is 2.14 bits per heavy atom. The van der Waals surface area contributed by atoms with Crippen LogP contribution in [0.25, 0.3) is 0 Å². The summed E-state index contributed by atoms with van der Waals surface area (Å²) in [5, 5.41) is 2.70. The maximum Gasteiger partial charge on any atom is 0.264 e. The number of ether oxygens (including phenoxy) is 1. The minimum atomic E-state index is -4.17. The van der Waals surface area contributed by atoms with E-state index in [0.29, 0.717) is 17.0 Å². The molecule has 0 heterocycles. The molecule has 1 atom stereocenters. The zero-order valence-corrected chi connectivity index (χ0v) is 26.6. The number of carbonyl (C=O) groups is 2. The van der Waals surface area contributed by atoms with Crippen LogP contribution in [-0.4, -0.2) is 51.9 Å². The molecule has 0 radical (unpaired) electrons. The van der Waals surface area contributed by atoms with Crippen LogP contribution in [0, 0.1) is 20.8 Å². The minimum absolute atomic E-state index is 0.0617. The van der Waals surface area contributed by atoms with Crippen molar-refractivity contribution in [2.24, 2.45) is 0 Å². The van der Waals surface area contributed by atoms with Gasteiger partial charge in [-0.3, -0.25) is 13.9 Å². The Kier molecular flexibility index (Phi) is 10.4. The number of anilines is 1. The molecule has 1 N–H and O–H groups in total. The SMILES string of the molecule is CNC(=O)C(Cc1ccccc1)N(Cc1cccc(OC)c1)C(=O)CN(c1cc(C)ccc1C)S(=O)(=O)c1ccc(C)cc1. The van der Waals surface area contributed by atoms with Gasteiger partial charge in [-0.1, -0.05) is 72.3 Å². The van der Waals surface area contributed by atoms with Gasteiger partial charge in [-0.25, -0.2) is 8.42 Å². The second kappa shape index (κ2) is 14.2. The predicted octanol–water partition coefficient (Wildman–Crippen LogP) is 5.20. The van der Waals surface area contributed by atoms with Crippen molar-refractivity contribution in [2.45, 2.75) is 44.7 Å². The maximum atomic E-state index is 14.5. The largest absolute Gasteiger partial charge is 0.497 e. The molecule has 9 heteroatoms. The van der Waals surface area contributed by atoms with Crippen molar-refractivity contribution in [1.29, 1.82) is 0 Å². The van der Waals surface area contributed by atoms with E-state index in [-0.39, 0.29) is 23.8 Å². The Morgan fingerprint density at radius 2 is 1.48 bits per heavy atom. The fraction of sp³-hybridized carbons (Fsp3) is 0.257. The summed E-state index contributed by atoms with van der Waals surface area (Å²) in [5.41, 5.74) is 4.47. The van der Waals surface area contributed by atoms with Gasteiger partial charge in [0.25, 0.3) is 10.0 Å². The average Bonchev–Trinajstić information content (AvgIpc) is 3.03. The number of methoxy groups -OCH3 is 1. The van der Waals surface area contributed by atoms with Crippen molar-refractivity contribution in [3.05, 3.63) is 125 Å². The Morgan fingerprint density at radius 1 is 0.818 bits per heavy atom. The number of nitrogens with one attached hydrogen (secondary N) is 1. The monoisotopic (exact) mass is 613 g/mol. The summed E-state index contributed by atoms with van der Waals surface area (Å²) in [6.07, 6.45) is 0.240. The number of amides is 2. The van der Waals surface area contributed by atoms with Gasteiger partial charge in [-0.15, -0.1) is 0 Å². The first kappa shape index (κ1) is 32.3. The van der Waals surface area contributed by atoms with Crippen LogP contribution in [0.1, 0.15) is 27.8 Å². The van der Waals surface area contributed by atoms with E-state index in [9.17, 15) is 18.0 Å². The lowest BCUT2D eigenvalue weighted by atomic mass is 10.0. The van der Waals surface area contributed by atoms with Gasteiger partial charge < -0.3 is 15.0 Å². The van der Waals surface area contributed by atoms with Gasteiger partial charge in [-0.05, 0) is 73.4 Å². The van der Waals surface area contributed by atoms with Crippen molar-refractivity contribution in [1.82, 2.24) is 10.2 Å². The predicted molar refractivity (Wildman–Crippen MR) is 173 cm³/mol. The molecular formula is C35H39N3O5S. The van der Waals surface area contributed by atoms with Crippen molar-refractivity contribution in [3.8, 4) is 5.75 Å². The third-order valence-electron chi connectivity index (χ3n) is 7.53. The molecule has 0 bridgehead atoms. The molecule has 4 aromatic rings. The van der Waals surface area contributed by atoms with Crippen LogP contribution in [-0.2, 0) is 32.6 Å². The topological polar surface area (TPSA) is 96.0 Å². The molecule has 0 aliphatic carbocycles. The lowest BCUT2D eigenvalue weighted by Gasteiger charge is -2.34. The number of hydrogen-bond donors (Lipinski definition) is 1. The van der Waals surface area contributed by atoms with E-state index < -0.39 is 28.5 Å². The molecule has 2 amide bonds. The first-order valence-electron chi connectivity index (χ1n) is 14.4. The van der Waals surface area contributed by atoms with E-state index in [1.54, 1.807) is 49.6 Å². The lowest BCUT2D eigenvalue weighted by Crippen LogP contribution is -2.53. The van der Waals surface area contributed by atoms with Crippen LogP contribution in [0.15, 0.2) is 102 Å². The highest BCUT2D eigenvalue weighted by Gasteiger charge is 2.35. The van der Waals surface area contributed by atoms with Crippen LogP contribution in [0.3, 0.4) is 0 Å². The first-order chi connectivity index (χ1) is 21.0. The van der Waals surface area contributed by atoms with Gasteiger partial charge in [0.15, 0.2) is 0 Å². The quantitative estimate of drug-likeness (QED) is 0.237. The summed E-state index contributed by atoms with van der Waals surface area (Å²) in [6.45, 7) is 5.12. The molecule has 1 unspecified atom stereocenters. The van der Waals surface area contributed by atoms with Crippen molar-refractivity contribution < 1.29 is 22.7 Å². The Bertz CT molecular complexity index is 1710. The van der Waals surface area contributed by atoms with E-state index in [4.69, 9.17) is 4.74 Å². The van der Waals surface area contributed by atoms with Gasteiger partial charge in [0.05, 0.1) is 17.7 Å². The summed E-state index contributed by atoms with van der Waals surface area (Å²) < 4.78 is 35.0. The highest BCUT2D eigenvalue weighted by atomic mass is 32.2. The first-order valence-corrected chi connectivity index (χ1v) is 15.8. The highest BCUT2D eigenvalue weighted by molar-refractivity contribution is 7.92. The van der Waals surface area contributed by atoms with Crippen molar-refractivity contribution in [2.75, 3.05) is 25.0 Å². The zero-order valence-electron chi connectivity index (χ0n) is 25.8. The Balaban J connectivity index is 1.82. The molecular weight excluding hydrogens is 574 g/mol.